The average molecular weight is 394 g/mol. The lowest BCUT2D eigenvalue weighted by atomic mass is 10.2. The molecule has 3 aromatic rings. The molecular formula is C16H14BrClN4O. The summed E-state index contributed by atoms with van der Waals surface area (Å²) < 4.78 is 8.63. The number of ether oxygens (including phenoxy) is 1. The van der Waals surface area contributed by atoms with Crippen LogP contribution in [0.3, 0.4) is 0 Å². The van der Waals surface area contributed by atoms with Crippen LogP contribution >= 0.6 is 27.5 Å². The number of halogens is 2. The molecule has 0 radical (unpaired) electrons. The summed E-state index contributed by atoms with van der Waals surface area (Å²) >= 11 is 9.65. The minimum atomic E-state index is 0.418. The van der Waals surface area contributed by atoms with Crippen molar-refractivity contribution in [2.45, 2.75) is 13.2 Å². The molecule has 0 atom stereocenters. The highest BCUT2D eigenvalue weighted by atomic mass is 79.9. The summed E-state index contributed by atoms with van der Waals surface area (Å²) in [5, 5.41) is 8.21. The van der Waals surface area contributed by atoms with E-state index in [1.54, 1.807) is 17.3 Å². The van der Waals surface area contributed by atoms with E-state index < -0.39 is 0 Å². The fourth-order valence-corrected chi connectivity index (χ4v) is 2.66. The highest BCUT2D eigenvalue weighted by Crippen LogP contribution is 2.25. The van der Waals surface area contributed by atoms with Crippen LogP contribution in [0, 0.1) is 0 Å². The molecule has 5 nitrogen and oxygen atoms in total. The molecule has 2 aromatic carbocycles. The zero-order valence-electron chi connectivity index (χ0n) is 12.1. The van der Waals surface area contributed by atoms with E-state index in [2.05, 4.69) is 31.6 Å². The number of nitrogens with one attached hydrogen (secondary N) is 1. The monoisotopic (exact) mass is 392 g/mol. The number of aromatic nitrogens is 3. The summed E-state index contributed by atoms with van der Waals surface area (Å²) in [6.07, 6.45) is 3.20. The highest BCUT2D eigenvalue weighted by molar-refractivity contribution is 9.10. The van der Waals surface area contributed by atoms with Crippen molar-refractivity contribution in [2.24, 2.45) is 0 Å². The molecule has 23 heavy (non-hydrogen) atoms. The fourth-order valence-electron chi connectivity index (χ4n) is 2.06. The summed E-state index contributed by atoms with van der Waals surface area (Å²) in [6, 6.07) is 13.6. The van der Waals surface area contributed by atoms with Crippen LogP contribution in [-0.4, -0.2) is 14.9 Å². The summed E-state index contributed by atoms with van der Waals surface area (Å²) in [7, 11) is 0. The molecule has 0 aliphatic heterocycles. The van der Waals surface area contributed by atoms with Crippen LogP contribution in [0.25, 0.3) is 0 Å². The van der Waals surface area contributed by atoms with Gasteiger partial charge < -0.3 is 10.2 Å². The van der Waals surface area contributed by atoms with Crippen LogP contribution in [-0.2, 0) is 13.2 Å². The SMILES string of the molecule is Clc1ccccc1COc1ccc(Br)cc1CNn1cnnc1. The summed E-state index contributed by atoms with van der Waals surface area (Å²) in [5.41, 5.74) is 5.15. The van der Waals surface area contributed by atoms with Crippen molar-refractivity contribution in [1.82, 2.24) is 14.9 Å². The lowest BCUT2D eigenvalue weighted by molar-refractivity contribution is 0.303. The Morgan fingerprint density at radius 2 is 1.87 bits per heavy atom. The Kier molecular flexibility index (Phi) is 5.15. The zero-order chi connectivity index (χ0) is 16.1. The molecule has 118 valence electrons. The minimum Gasteiger partial charge on any atom is -0.488 e. The third-order valence-electron chi connectivity index (χ3n) is 3.23. The van der Waals surface area contributed by atoms with Gasteiger partial charge in [-0.3, -0.25) is 0 Å². The Labute approximate surface area is 147 Å². The van der Waals surface area contributed by atoms with E-state index in [-0.39, 0.29) is 0 Å². The zero-order valence-corrected chi connectivity index (χ0v) is 14.5. The maximum absolute atomic E-state index is 6.17. The molecule has 0 aliphatic carbocycles. The van der Waals surface area contributed by atoms with Gasteiger partial charge >= 0.3 is 0 Å². The Hall–Kier alpha value is -2.05. The first kappa shape index (κ1) is 15.8. The molecule has 7 heteroatoms. The maximum atomic E-state index is 6.17. The van der Waals surface area contributed by atoms with Gasteiger partial charge in [0, 0.05) is 20.6 Å². The van der Waals surface area contributed by atoms with Crippen molar-refractivity contribution >= 4 is 27.5 Å². The van der Waals surface area contributed by atoms with Gasteiger partial charge in [0.2, 0.25) is 0 Å². The number of nitrogens with zero attached hydrogens (tertiary/aromatic N) is 3. The van der Waals surface area contributed by atoms with Gasteiger partial charge in [-0.1, -0.05) is 45.7 Å². The molecule has 1 heterocycles. The van der Waals surface area contributed by atoms with E-state index in [1.807, 2.05) is 42.5 Å². The maximum Gasteiger partial charge on any atom is 0.138 e. The Bertz CT molecular complexity index is 780. The van der Waals surface area contributed by atoms with Gasteiger partial charge in [0.05, 0.1) is 6.54 Å². The van der Waals surface area contributed by atoms with Crippen molar-refractivity contribution in [3.05, 3.63) is 75.7 Å². The first-order chi connectivity index (χ1) is 11.2. The summed E-state index contributed by atoms with van der Waals surface area (Å²) in [6.45, 7) is 0.996. The van der Waals surface area contributed by atoms with Crippen LogP contribution in [0.5, 0.6) is 5.75 Å². The van der Waals surface area contributed by atoms with E-state index >= 15 is 0 Å². The number of hydrogen-bond acceptors (Lipinski definition) is 4. The van der Waals surface area contributed by atoms with E-state index in [0.717, 1.165) is 21.3 Å². The average Bonchev–Trinajstić information content (AvgIpc) is 3.07. The van der Waals surface area contributed by atoms with Crippen LogP contribution in [0.2, 0.25) is 5.02 Å². The molecule has 0 saturated heterocycles. The Morgan fingerprint density at radius 1 is 1.09 bits per heavy atom. The second-order valence-corrected chi connectivity index (χ2v) is 6.16. The van der Waals surface area contributed by atoms with Crippen molar-refractivity contribution < 1.29 is 4.74 Å². The first-order valence-corrected chi connectivity index (χ1v) is 8.12. The number of hydrogen-bond donors (Lipinski definition) is 1. The molecule has 3 rings (SSSR count). The Morgan fingerprint density at radius 3 is 2.65 bits per heavy atom. The van der Waals surface area contributed by atoms with Crippen molar-refractivity contribution in [3.63, 3.8) is 0 Å². The fraction of sp³-hybridized carbons (Fsp3) is 0.125. The smallest absolute Gasteiger partial charge is 0.138 e. The Balaban J connectivity index is 1.72. The molecule has 0 bridgehead atoms. The second kappa shape index (κ2) is 7.48. The van der Waals surface area contributed by atoms with Gasteiger partial charge in [-0.15, -0.1) is 10.2 Å². The standard InChI is InChI=1S/C16H14BrClN4O/c17-14-5-6-16(23-9-12-3-1-2-4-15(12)18)13(7-14)8-21-22-10-19-20-11-22/h1-7,10-11,21H,8-9H2. The topological polar surface area (TPSA) is 52.0 Å². The molecule has 0 aliphatic rings. The van der Waals surface area contributed by atoms with Gasteiger partial charge in [0.15, 0.2) is 0 Å². The lowest BCUT2D eigenvalue weighted by Crippen LogP contribution is -2.13. The molecule has 0 fully saturated rings. The van der Waals surface area contributed by atoms with Crippen molar-refractivity contribution in [2.75, 3.05) is 5.43 Å². The molecule has 0 saturated carbocycles. The van der Waals surface area contributed by atoms with Crippen LogP contribution < -0.4 is 10.2 Å². The van der Waals surface area contributed by atoms with E-state index in [1.165, 1.54) is 0 Å². The van der Waals surface area contributed by atoms with Gasteiger partial charge in [-0.2, -0.15) is 0 Å². The highest BCUT2D eigenvalue weighted by Gasteiger charge is 2.07. The first-order valence-electron chi connectivity index (χ1n) is 6.95. The van der Waals surface area contributed by atoms with E-state index in [4.69, 9.17) is 16.3 Å². The third kappa shape index (κ3) is 4.24. The van der Waals surface area contributed by atoms with Gasteiger partial charge in [0.25, 0.3) is 0 Å². The van der Waals surface area contributed by atoms with Crippen LogP contribution in [0.4, 0.5) is 0 Å². The number of rotatable bonds is 6. The quantitative estimate of drug-likeness (QED) is 0.687. The van der Waals surface area contributed by atoms with Crippen molar-refractivity contribution in [3.8, 4) is 5.75 Å². The van der Waals surface area contributed by atoms with Crippen LogP contribution in [0.1, 0.15) is 11.1 Å². The van der Waals surface area contributed by atoms with E-state index in [9.17, 15) is 0 Å². The number of benzene rings is 2. The van der Waals surface area contributed by atoms with Crippen LogP contribution in [0.15, 0.2) is 59.6 Å². The van der Waals surface area contributed by atoms with E-state index in [0.29, 0.717) is 18.2 Å². The van der Waals surface area contributed by atoms with Gasteiger partial charge in [0.1, 0.15) is 25.0 Å². The largest absolute Gasteiger partial charge is 0.488 e. The lowest BCUT2D eigenvalue weighted by Gasteiger charge is -2.14. The van der Waals surface area contributed by atoms with Gasteiger partial charge in [-0.25, -0.2) is 4.68 Å². The molecule has 0 amide bonds. The molecule has 1 aromatic heterocycles. The summed E-state index contributed by atoms with van der Waals surface area (Å²) in [4.78, 5) is 0. The third-order valence-corrected chi connectivity index (χ3v) is 4.10. The van der Waals surface area contributed by atoms with Crippen molar-refractivity contribution in [1.29, 1.82) is 0 Å². The minimum absolute atomic E-state index is 0.418. The predicted octanol–water partition coefficient (Wildman–Crippen LogP) is 4.02. The summed E-state index contributed by atoms with van der Waals surface area (Å²) in [5.74, 6) is 0.800. The predicted molar refractivity (Wildman–Crippen MR) is 93.0 cm³/mol. The molecule has 0 spiro atoms. The molecular weight excluding hydrogens is 380 g/mol. The normalized spacial score (nSPS) is 10.5. The second-order valence-electron chi connectivity index (χ2n) is 4.84. The molecule has 1 N–H and O–H groups in total. The molecule has 0 unspecified atom stereocenters. The van der Waals surface area contributed by atoms with Gasteiger partial charge in [-0.05, 0) is 24.3 Å².